The molecule has 0 heteroatoms. The third kappa shape index (κ3) is 5.13. The Morgan fingerprint density at radius 3 is 2.00 bits per heavy atom. The molecule has 0 aliphatic rings. The molecular weight excluding hydrogens is 156 g/mol. The molecule has 0 radical (unpaired) electrons. The van der Waals surface area contributed by atoms with E-state index in [-0.39, 0.29) is 0 Å². The lowest BCUT2D eigenvalue weighted by Crippen LogP contribution is -2.06. The molecule has 0 fully saturated rings. The minimum atomic E-state index is 0.713. The van der Waals surface area contributed by atoms with Gasteiger partial charge in [0.1, 0.15) is 0 Å². The molecule has 0 amide bonds. The summed E-state index contributed by atoms with van der Waals surface area (Å²) in [4.78, 5) is 0. The van der Waals surface area contributed by atoms with Crippen molar-refractivity contribution in [1.29, 1.82) is 0 Å². The van der Waals surface area contributed by atoms with Gasteiger partial charge in [-0.3, -0.25) is 0 Å². The standard InChI is InChI=1S/C13H26/c1-7-13(11(4)5)9-8-12(6)10(2)3/h8,10-11,13H,7,9H2,1-6H3/b12-8-. The summed E-state index contributed by atoms with van der Waals surface area (Å²) in [7, 11) is 0. The van der Waals surface area contributed by atoms with Gasteiger partial charge >= 0.3 is 0 Å². The van der Waals surface area contributed by atoms with Gasteiger partial charge in [-0.1, -0.05) is 52.7 Å². The zero-order chi connectivity index (χ0) is 10.4. The molecule has 0 spiro atoms. The van der Waals surface area contributed by atoms with Crippen LogP contribution in [0.4, 0.5) is 0 Å². The fourth-order valence-corrected chi connectivity index (χ4v) is 1.48. The summed E-state index contributed by atoms with van der Waals surface area (Å²) in [5.74, 6) is 2.40. The van der Waals surface area contributed by atoms with Crippen LogP contribution in [0.2, 0.25) is 0 Å². The molecule has 0 bridgehead atoms. The summed E-state index contributed by atoms with van der Waals surface area (Å²) in [6.07, 6.45) is 5.00. The predicted octanol–water partition coefficient (Wildman–Crippen LogP) is 4.66. The summed E-state index contributed by atoms with van der Waals surface area (Å²) in [5, 5.41) is 0. The van der Waals surface area contributed by atoms with Crippen molar-refractivity contribution < 1.29 is 0 Å². The molecule has 0 aromatic heterocycles. The van der Waals surface area contributed by atoms with E-state index in [4.69, 9.17) is 0 Å². The molecule has 78 valence electrons. The second-order valence-corrected chi connectivity index (χ2v) is 4.75. The molecular formula is C13H26. The fourth-order valence-electron chi connectivity index (χ4n) is 1.48. The normalized spacial score (nSPS) is 15.5. The lowest BCUT2D eigenvalue weighted by molar-refractivity contribution is 0.375. The van der Waals surface area contributed by atoms with Crippen LogP contribution in [0.5, 0.6) is 0 Å². The molecule has 0 rings (SSSR count). The molecule has 0 aliphatic carbocycles. The summed E-state index contributed by atoms with van der Waals surface area (Å²) in [6, 6.07) is 0. The smallest absolute Gasteiger partial charge is 0.0263 e. The zero-order valence-corrected chi connectivity index (χ0v) is 10.2. The maximum absolute atomic E-state index is 2.43. The van der Waals surface area contributed by atoms with Gasteiger partial charge in [-0.2, -0.15) is 0 Å². The van der Waals surface area contributed by atoms with E-state index in [9.17, 15) is 0 Å². The Balaban J connectivity index is 4.04. The van der Waals surface area contributed by atoms with Crippen LogP contribution in [-0.4, -0.2) is 0 Å². The molecule has 13 heavy (non-hydrogen) atoms. The lowest BCUT2D eigenvalue weighted by atomic mass is 9.88. The van der Waals surface area contributed by atoms with Crippen molar-refractivity contribution in [3.05, 3.63) is 11.6 Å². The lowest BCUT2D eigenvalue weighted by Gasteiger charge is -2.17. The molecule has 1 atom stereocenters. The minimum absolute atomic E-state index is 0.713. The van der Waals surface area contributed by atoms with E-state index in [1.165, 1.54) is 12.8 Å². The highest BCUT2D eigenvalue weighted by Gasteiger charge is 2.09. The third-order valence-electron chi connectivity index (χ3n) is 3.12. The quantitative estimate of drug-likeness (QED) is 0.542. The van der Waals surface area contributed by atoms with Gasteiger partial charge in [0.25, 0.3) is 0 Å². The Kier molecular flexibility index (Phi) is 6.11. The van der Waals surface area contributed by atoms with Crippen molar-refractivity contribution in [2.24, 2.45) is 17.8 Å². The minimum Gasteiger partial charge on any atom is -0.0851 e. The Morgan fingerprint density at radius 1 is 1.15 bits per heavy atom. The fraction of sp³-hybridized carbons (Fsp3) is 0.846. The Labute approximate surface area is 84.4 Å². The van der Waals surface area contributed by atoms with Crippen LogP contribution in [0.1, 0.15) is 54.4 Å². The molecule has 0 heterocycles. The highest BCUT2D eigenvalue weighted by Crippen LogP contribution is 2.21. The van der Waals surface area contributed by atoms with Crippen LogP contribution < -0.4 is 0 Å². The van der Waals surface area contributed by atoms with Gasteiger partial charge in [0.15, 0.2) is 0 Å². The molecule has 0 saturated heterocycles. The van der Waals surface area contributed by atoms with Gasteiger partial charge in [0, 0.05) is 0 Å². The van der Waals surface area contributed by atoms with Crippen LogP contribution >= 0.6 is 0 Å². The van der Waals surface area contributed by atoms with E-state index in [0.29, 0.717) is 5.92 Å². The number of hydrogen-bond donors (Lipinski definition) is 0. The predicted molar refractivity (Wildman–Crippen MR) is 61.8 cm³/mol. The molecule has 0 aromatic carbocycles. The van der Waals surface area contributed by atoms with Gasteiger partial charge in [-0.15, -0.1) is 0 Å². The van der Waals surface area contributed by atoms with Crippen molar-refractivity contribution in [3.63, 3.8) is 0 Å². The summed E-state index contributed by atoms with van der Waals surface area (Å²) in [5.41, 5.74) is 1.54. The Hall–Kier alpha value is -0.260. The highest BCUT2D eigenvalue weighted by atomic mass is 14.1. The van der Waals surface area contributed by atoms with E-state index in [0.717, 1.165) is 11.8 Å². The van der Waals surface area contributed by atoms with Gasteiger partial charge in [0.2, 0.25) is 0 Å². The maximum Gasteiger partial charge on any atom is -0.0263 e. The van der Waals surface area contributed by atoms with Crippen LogP contribution in [0.25, 0.3) is 0 Å². The van der Waals surface area contributed by atoms with E-state index >= 15 is 0 Å². The van der Waals surface area contributed by atoms with Gasteiger partial charge in [0.05, 0.1) is 0 Å². The Bertz CT molecular complexity index is 151. The first kappa shape index (κ1) is 12.7. The highest BCUT2D eigenvalue weighted by molar-refractivity contribution is 5.01. The van der Waals surface area contributed by atoms with Crippen LogP contribution in [0.3, 0.4) is 0 Å². The van der Waals surface area contributed by atoms with Gasteiger partial charge in [-0.05, 0) is 31.1 Å². The van der Waals surface area contributed by atoms with Crippen molar-refractivity contribution in [3.8, 4) is 0 Å². The topological polar surface area (TPSA) is 0 Å². The monoisotopic (exact) mass is 182 g/mol. The van der Waals surface area contributed by atoms with Crippen LogP contribution in [0, 0.1) is 17.8 Å². The molecule has 0 aromatic rings. The Morgan fingerprint density at radius 2 is 1.69 bits per heavy atom. The van der Waals surface area contributed by atoms with Crippen LogP contribution in [-0.2, 0) is 0 Å². The summed E-state index contributed by atoms with van der Waals surface area (Å²) >= 11 is 0. The van der Waals surface area contributed by atoms with Crippen molar-refractivity contribution >= 4 is 0 Å². The van der Waals surface area contributed by atoms with Crippen LogP contribution in [0.15, 0.2) is 11.6 Å². The van der Waals surface area contributed by atoms with Gasteiger partial charge in [-0.25, -0.2) is 0 Å². The second kappa shape index (κ2) is 6.23. The van der Waals surface area contributed by atoms with E-state index in [1.807, 2.05) is 0 Å². The zero-order valence-electron chi connectivity index (χ0n) is 10.2. The number of rotatable bonds is 5. The molecule has 0 saturated carbocycles. The first-order valence-electron chi connectivity index (χ1n) is 5.65. The van der Waals surface area contributed by atoms with E-state index in [1.54, 1.807) is 5.57 Å². The first-order valence-corrected chi connectivity index (χ1v) is 5.65. The second-order valence-electron chi connectivity index (χ2n) is 4.75. The first-order chi connectivity index (χ1) is 5.99. The van der Waals surface area contributed by atoms with Gasteiger partial charge < -0.3 is 0 Å². The number of allylic oxidation sites excluding steroid dienone is 2. The number of hydrogen-bond acceptors (Lipinski definition) is 0. The van der Waals surface area contributed by atoms with Crippen molar-refractivity contribution in [2.75, 3.05) is 0 Å². The SMILES string of the molecule is CCC(C/C=C(/C)C(C)C)C(C)C. The summed E-state index contributed by atoms with van der Waals surface area (Å²) in [6.45, 7) is 13.7. The van der Waals surface area contributed by atoms with Crippen molar-refractivity contribution in [1.82, 2.24) is 0 Å². The van der Waals surface area contributed by atoms with E-state index in [2.05, 4.69) is 47.6 Å². The largest absolute Gasteiger partial charge is 0.0851 e. The summed E-state index contributed by atoms with van der Waals surface area (Å²) < 4.78 is 0. The molecule has 0 nitrogen and oxygen atoms in total. The van der Waals surface area contributed by atoms with E-state index < -0.39 is 0 Å². The maximum atomic E-state index is 2.43. The molecule has 0 N–H and O–H groups in total. The average Bonchev–Trinajstić information content (AvgIpc) is 2.04. The molecule has 0 aliphatic heterocycles. The third-order valence-corrected chi connectivity index (χ3v) is 3.12. The average molecular weight is 182 g/mol. The van der Waals surface area contributed by atoms with Crippen molar-refractivity contribution in [2.45, 2.75) is 54.4 Å². The molecule has 1 unspecified atom stereocenters.